The first kappa shape index (κ1) is 9.02. The van der Waals surface area contributed by atoms with Gasteiger partial charge in [-0.2, -0.15) is 0 Å². The molecule has 2 aliphatic rings. The van der Waals surface area contributed by atoms with Crippen LogP contribution in [0.3, 0.4) is 0 Å². The molecule has 78 valence electrons. The standard InChI is InChI=1S/C13H8OS2/c14-16-12-6-5-11-9(13(12)16)7-8-3-1-2-4-10(8)15-11/h1-6H,7H2. The zero-order chi connectivity index (χ0) is 10.7. The number of fused-ring (bicyclic) bond motifs is 4. The Labute approximate surface area is 100 Å². The summed E-state index contributed by atoms with van der Waals surface area (Å²) in [5.74, 6) is 0. The smallest absolute Gasteiger partial charge is 0.0878 e. The predicted molar refractivity (Wildman–Crippen MR) is 64.5 cm³/mol. The molecule has 0 saturated heterocycles. The Hall–Kier alpha value is -1.06. The first-order valence-corrected chi connectivity index (χ1v) is 7.14. The maximum absolute atomic E-state index is 11.6. The Morgan fingerprint density at radius 3 is 2.88 bits per heavy atom. The van der Waals surface area contributed by atoms with Crippen molar-refractivity contribution in [3.63, 3.8) is 0 Å². The largest absolute Gasteiger partial charge is 0.249 e. The van der Waals surface area contributed by atoms with Crippen LogP contribution in [0.15, 0.2) is 56.0 Å². The Bertz CT molecular complexity index is 646. The first-order valence-electron chi connectivity index (χ1n) is 5.18. The Morgan fingerprint density at radius 1 is 1.06 bits per heavy atom. The van der Waals surface area contributed by atoms with Crippen LogP contribution in [0.25, 0.3) is 0 Å². The summed E-state index contributed by atoms with van der Waals surface area (Å²) in [5, 5.41) is 0. The monoisotopic (exact) mass is 244 g/mol. The summed E-state index contributed by atoms with van der Waals surface area (Å²) in [7, 11) is -0.794. The van der Waals surface area contributed by atoms with Crippen LogP contribution in [-0.2, 0) is 17.2 Å². The van der Waals surface area contributed by atoms with E-state index in [-0.39, 0.29) is 0 Å². The molecule has 2 aliphatic heterocycles. The normalized spacial score (nSPS) is 19.6. The van der Waals surface area contributed by atoms with Crippen LogP contribution >= 0.6 is 11.8 Å². The fourth-order valence-corrected chi connectivity index (χ4v) is 4.57. The number of benzene rings is 2. The second kappa shape index (κ2) is 2.99. The number of rotatable bonds is 0. The molecule has 1 nitrogen and oxygen atoms in total. The van der Waals surface area contributed by atoms with Gasteiger partial charge in [0.05, 0.1) is 20.6 Å². The molecule has 0 fully saturated rings. The van der Waals surface area contributed by atoms with Gasteiger partial charge in [-0.25, -0.2) is 4.21 Å². The SMILES string of the molecule is O=S1c2ccc3c(c21)Cc1ccccc1S3. The van der Waals surface area contributed by atoms with E-state index in [1.807, 2.05) is 6.07 Å². The van der Waals surface area contributed by atoms with Crippen molar-refractivity contribution in [1.29, 1.82) is 0 Å². The minimum Gasteiger partial charge on any atom is -0.249 e. The third kappa shape index (κ3) is 1.10. The molecule has 3 heteroatoms. The van der Waals surface area contributed by atoms with E-state index in [1.165, 1.54) is 20.9 Å². The maximum Gasteiger partial charge on any atom is 0.0878 e. The van der Waals surface area contributed by atoms with Crippen molar-refractivity contribution >= 4 is 22.6 Å². The van der Waals surface area contributed by atoms with E-state index in [0.717, 1.165) is 16.2 Å². The van der Waals surface area contributed by atoms with E-state index in [2.05, 4.69) is 30.3 Å². The molecule has 16 heavy (non-hydrogen) atoms. The second-order valence-corrected chi connectivity index (χ2v) is 6.49. The van der Waals surface area contributed by atoms with E-state index < -0.39 is 10.8 Å². The van der Waals surface area contributed by atoms with Crippen LogP contribution in [0.1, 0.15) is 11.1 Å². The van der Waals surface area contributed by atoms with Crippen molar-refractivity contribution in [3.05, 3.63) is 47.5 Å². The Balaban J connectivity index is 1.92. The van der Waals surface area contributed by atoms with Gasteiger partial charge in [0.1, 0.15) is 0 Å². The molecule has 0 saturated carbocycles. The number of hydrogen-bond donors (Lipinski definition) is 0. The third-order valence-electron chi connectivity index (χ3n) is 3.08. The average molecular weight is 244 g/mol. The Morgan fingerprint density at radius 2 is 1.94 bits per heavy atom. The highest BCUT2D eigenvalue weighted by Gasteiger charge is 2.35. The van der Waals surface area contributed by atoms with Gasteiger partial charge in [0.25, 0.3) is 0 Å². The highest BCUT2D eigenvalue weighted by atomic mass is 32.2. The molecule has 0 amide bonds. The van der Waals surface area contributed by atoms with E-state index in [9.17, 15) is 4.21 Å². The zero-order valence-electron chi connectivity index (χ0n) is 8.40. The summed E-state index contributed by atoms with van der Waals surface area (Å²) in [4.78, 5) is 4.75. The van der Waals surface area contributed by atoms with Gasteiger partial charge in [0.15, 0.2) is 0 Å². The first-order chi connectivity index (χ1) is 7.84. The molecule has 1 atom stereocenters. The summed E-state index contributed by atoms with van der Waals surface area (Å²) in [5.41, 5.74) is 2.65. The molecule has 1 unspecified atom stereocenters. The van der Waals surface area contributed by atoms with E-state index >= 15 is 0 Å². The minimum absolute atomic E-state index is 0.794. The lowest BCUT2D eigenvalue weighted by Crippen LogP contribution is -1.98. The highest BCUT2D eigenvalue weighted by molar-refractivity contribution is 7.99. The molecule has 0 N–H and O–H groups in total. The quantitative estimate of drug-likeness (QED) is 0.442. The van der Waals surface area contributed by atoms with Crippen molar-refractivity contribution < 1.29 is 4.21 Å². The lowest BCUT2D eigenvalue weighted by molar-refractivity contribution is 0.692. The molecule has 4 rings (SSSR count). The van der Waals surface area contributed by atoms with E-state index in [4.69, 9.17) is 0 Å². The van der Waals surface area contributed by atoms with E-state index in [1.54, 1.807) is 11.8 Å². The van der Waals surface area contributed by atoms with Crippen LogP contribution < -0.4 is 0 Å². The molecular formula is C13H8OS2. The molecule has 2 heterocycles. The molecule has 0 spiro atoms. The third-order valence-corrected chi connectivity index (χ3v) is 5.68. The van der Waals surface area contributed by atoms with Crippen molar-refractivity contribution in [2.75, 3.05) is 0 Å². The molecule has 0 bridgehead atoms. The van der Waals surface area contributed by atoms with Crippen molar-refractivity contribution in [2.45, 2.75) is 26.0 Å². The predicted octanol–water partition coefficient (Wildman–Crippen LogP) is 3.22. The highest BCUT2D eigenvalue weighted by Crippen LogP contribution is 2.48. The summed E-state index contributed by atoms with van der Waals surface area (Å²) in [6, 6.07) is 12.6. The van der Waals surface area contributed by atoms with Crippen LogP contribution in [0.2, 0.25) is 0 Å². The molecular weight excluding hydrogens is 236 g/mol. The van der Waals surface area contributed by atoms with Gasteiger partial charge >= 0.3 is 0 Å². The van der Waals surface area contributed by atoms with Crippen LogP contribution in [-0.4, -0.2) is 4.21 Å². The summed E-state index contributed by atoms with van der Waals surface area (Å²) >= 11 is 1.80. The van der Waals surface area contributed by atoms with Crippen molar-refractivity contribution in [3.8, 4) is 0 Å². The Kier molecular flexibility index (Phi) is 1.69. The van der Waals surface area contributed by atoms with Gasteiger partial charge in [-0.15, -0.1) is 0 Å². The topological polar surface area (TPSA) is 17.1 Å². The molecule has 0 aromatic heterocycles. The van der Waals surface area contributed by atoms with Crippen molar-refractivity contribution in [2.24, 2.45) is 0 Å². The number of hydrogen-bond acceptors (Lipinski definition) is 2. The zero-order valence-corrected chi connectivity index (χ0v) is 10.0. The maximum atomic E-state index is 11.6. The minimum atomic E-state index is -0.794. The molecule has 0 aliphatic carbocycles. The van der Waals surface area contributed by atoms with Crippen LogP contribution in [0.4, 0.5) is 0 Å². The summed E-state index contributed by atoms with van der Waals surface area (Å²) < 4.78 is 11.6. The molecule has 2 aromatic rings. The fourth-order valence-electron chi connectivity index (χ4n) is 2.23. The molecule has 2 aromatic carbocycles. The van der Waals surface area contributed by atoms with Gasteiger partial charge < -0.3 is 0 Å². The van der Waals surface area contributed by atoms with Gasteiger partial charge in [0, 0.05) is 16.2 Å². The van der Waals surface area contributed by atoms with E-state index in [0.29, 0.717) is 0 Å². The average Bonchev–Trinajstić information content (AvgIpc) is 2.98. The van der Waals surface area contributed by atoms with Crippen LogP contribution in [0, 0.1) is 0 Å². The summed E-state index contributed by atoms with van der Waals surface area (Å²) in [6.45, 7) is 0. The van der Waals surface area contributed by atoms with Crippen molar-refractivity contribution in [1.82, 2.24) is 0 Å². The van der Waals surface area contributed by atoms with Gasteiger partial charge in [0.2, 0.25) is 0 Å². The van der Waals surface area contributed by atoms with Crippen LogP contribution in [0.5, 0.6) is 0 Å². The summed E-state index contributed by atoms with van der Waals surface area (Å²) in [6.07, 6.45) is 0.938. The lowest BCUT2D eigenvalue weighted by Gasteiger charge is -2.17. The second-order valence-electron chi connectivity index (χ2n) is 4.02. The van der Waals surface area contributed by atoms with Gasteiger partial charge in [-0.1, -0.05) is 30.0 Å². The fraction of sp³-hybridized carbons (Fsp3) is 0.0769. The van der Waals surface area contributed by atoms with Gasteiger partial charge in [-0.3, -0.25) is 0 Å². The lowest BCUT2D eigenvalue weighted by atomic mass is 10.0. The molecule has 0 radical (unpaired) electrons. The van der Waals surface area contributed by atoms with Gasteiger partial charge in [-0.05, 0) is 29.3 Å².